The van der Waals surface area contributed by atoms with E-state index >= 15 is 0 Å². The minimum atomic E-state index is -0.00674. The second kappa shape index (κ2) is 5.87. The molecular formula is C12H14Br2N2O. The van der Waals surface area contributed by atoms with Gasteiger partial charge in [-0.2, -0.15) is 0 Å². The third-order valence-electron chi connectivity index (χ3n) is 2.82. The smallest absolute Gasteiger partial charge is 0.321 e. The third kappa shape index (κ3) is 3.45. The van der Waals surface area contributed by atoms with E-state index in [2.05, 4.69) is 37.2 Å². The summed E-state index contributed by atoms with van der Waals surface area (Å²) in [5, 5.41) is 2.93. The molecular weight excluding hydrogens is 348 g/mol. The van der Waals surface area contributed by atoms with Crippen molar-refractivity contribution in [1.29, 1.82) is 0 Å². The Kier molecular flexibility index (Phi) is 4.45. The van der Waals surface area contributed by atoms with Crippen LogP contribution in [0, 0.1) is 0 Å². The van der Waals surface area contributed by atoms with Gasteiger partial charge in [0.25, 0.3) is 0 Å². The lowest BCUT2D eigenvalue weighted by Gasteiger charge is -2.27. The number of amides is 2. The Balaban J connectivity index is 2.02. The number of halogens is 2. The van der Waals surface area contributed by atoms with Gasteiger partial charge in [0.15, 0.2) is 0 Å². The molecule has 1 saturated heterocycles. The van der Waals surface area contributed by atoms with Crippen LogP contribution < -0.4 is 5.32 Å². The largest absolute Gasteiger partial charge is 0.325 e. The van der Waals surface area contributed by atoms with Crippen molar-refractivity contribution >= 4 is 43.6 Å². The van der Waals surface area contributed by atoms with E-state index in [1.54, 1.807) is 0 Å². The minimum Gasteiger partial charge on any atom is -0.325 e. The van der Waals surface area contributed by atoms with Crippen LogP contribution in [0.4, 0.5) is 10.5 Å². The third-order valence-corrected chi connectivity index (χ3v) is 3.97. The first kappa shape index (κ1) is 12.9. The standard InChI is InChI=1S/C12H14Br2N2O/c13-9-4-5-11(10(14)8-9)15-12(17)16-6-2-1-3-7-16/h4-5,8H,1-3,6-7H2,(H,15,17). The van der Waals surface area contributed by atoms with Crippen LogP contribution in [0.5, 0.6) is 0 Å². The summed E-state index contributed by atoms with van der Waals surface area (Å²) in [5.74, 6) is 0. The fraction of sp³-hybridized carbons (Fsp3) is 0.417. The quantitative estimate of drug-likeness (QED) is 0.797. The summed E-state index contributed by atoms with van der Waals surface area (Å²) >= 11 is 6.82. The molecule has 0 unspecified atom stereocenters. The molecule has 0 radical (unpaired) electrons. The number of carbonyl (C=O) groups excluding carboxylic acids is 1. The molecule has 0 bridgehead atoms. The number of rotatable bonds is 1. The Morgan fingerprint density at radius 1 is 1.18 bits per heavy atom. The van der Waals surface area contributed by atoms with Crippen LogP contribution in [0.25, 0.3) is 0 Å². The SMILES string of the molecule is O=C(Nc1ccc(Br)cc1Br)N1CCCCC1. The van der Waals surface area contributed by atoms with Gasteiger partial charge in [-0.05, 0) is 53.4 Å². The van der Waals surface area contributed by atoms with E-state index in [-0.39, 0.29) is 6.03 Å². The number of benzene rings is 1. The van der Waals surface area contributed by atoms with Crippen molar-refractivity contribution < 1.29 is 4.79 Å². The zero-order chi connectivity index (χ0) is 12.3. The van der Waals surface area contributed by atoms with Gasteiger partial charge in [0.2, 0.25) is 0 Å². The molecule has 1 aromatic carbocycles. The first-order valence-electron chi connectivity index (χ1n) is 5.68. The van der Waals surface area contributed by atoms with Gasteiger partial charge < -0.3 is 10.2 Å². The fourth-order valence-electron chi connectivity index (χ4n) is 1.88. The van der Waals surface area contributed by atoms with Gasteiger partial charge in [0, 0.05) is 22.0 Å². The average Bonchev–Trinajstić information content (AvgIpc) is 2.34. The lowest BCUT2D eigenvalue weighted by molar-refractivity contribution is 0.200. The molecule has 3 nitrogen and oxygen atoms in total. The Labute approximate surface area is 118 Å². The van der Waals surface area contributed by atoms with E-state index in [4.69, 9.17) is 0 Å². The topological polar surface area (TPSA) is 32.3 Å². The summed E-state index contributed by atoms with van der Waals surface area (Å²) in [6, 6.07) is 5.71. The summed E-state index contributed by atoms with van der Waals surface area (Å²) in [6.07, 6.45) is 3.44. The zero-order valence-electron chi connectivity index (χ0n) is 9.38. The van der Waals surface area contributed by atoms with Crippen molar-refractivity contribution in [2.75, 3.05) is 18.4 Å². The van der Waals surface area contributed by atoms with Gasteiger partial charge in [-0.25, -0.2) is 4.79 Å². The maximum Gasteiger partial charge on any atom is 0.321 e. The van der Waals surface area contributed by atoms with E-state index in [1.165, 1.54) is 6.42 Å². The minimum absolute atomic E-state index is 0.00674. The van der Waals surface area contributed by atoms with Crippen molar-refractivity contribution in [3.63, 3.8) is 0 Å². The maximum atomic E-state index is 12.0. The molecule has 2 amide bonds. The molecule has 0 saturated carbocycles. The van der Waals surface area contributed by atoms with E-state index in [0.29, 0.717) is 0 Å². The average molecular weight is 362 g/mol. The van der Waals surface area contributed by atoms with Crippen LogP contribution >= 0.6 is 31.9 Å². The molecule has 17 heavy (non-hydrogen) atoms. The van der Waals surface area contributed by atoms with Gasteiger partial charge in [0.05, 0.1) is 5.69 Å². The number of piperidine rings is 1. The summed E-state index contributed by atoms with van der Waals surface area (Å²) in [5.41, 5.74) is 0.809. The van der Waals surface area contributed by atoms with Crippen LogP contribution in [0.2, 0.25) is 0 Å². The highest BCUT2D eigenvalue weighted by Gasteiger charge is 2.16. The molecule has 1 aliphatic rings. The van der Waals surface area contributed by atoms with Crippen LogP contribution in [0.1, 0.15) is 19.3 Å². The fourth-order valence-corrected chi connectivity index (χ4v) is 3.03. The highest BCUT2D eigenvalue weighted by molar-refractivity contribution is 9.11. The normalized spacial score (nSPS) is 15.8. The molecule has 0 atom stereocenters. The molecule has 0 aliphatic carbocycles. The van der Waals surface area contributed by atoms with Crippen molar-refractivity contribution in [1.82, 2.24) is 4.90 Å². The molecule has 1 heterocycles. The monoisotopic (exact) mass is 360 g/mol. The molecule has 1 fully saturated rings. The van der Waals surface area contributed by atoms with E-state index in [0.717, 1.165) is 40.6 Å². The Morgan fingerprint density at radius 2 is 1.88 bits per heavy atom. The Bertz CT molecular complexity index is 417. The number of carbonyl (C=O) groups is 1. The van der Waals surface area contributed by atoms with Crippen molar-refractivity contribution in [2.24, 2.45) is 0 Å². The maximum absolute atomic E-state index is 12.0. The predicted octanol–water partition coefficient (Wildman–Crippen LogP) is 4.23. The first-order chi connectivity index (χ1) is 8.16. The number of likely N-dealkylation sites (tertiary alicyclic amines) is 1. The van der Waals surface area contributed by atoms with E-state index < -0.39 is 0 Å². The zero-order valence-corrected chi connectivity index (χ0v) is 12.6. The van der Waals surface area contributed by atoms with Crippen molar-refractivity contribution in [2.45, 2.75) is 19.3 Å². The molecule has 1 aromatic rings. The molecule has 1 aliphatic heterocycles. The van der Waals surface area contributed by atoms with Crippen LogP contribution in [-0.4, -0.2) is 24.0 Å². The van der Waals surface area contributed by atoms with Crippen molar-refractivity contribution in [3.8, 4) is 0 Å². The number of anilines is 1. The summed E-state index contributed by atoms with van der Waals surface area (Å²) < 4.78 is 1.87. The molecule has 0 aromatic heterocycles. The summed E-state index contributed by atoms with van der Waals surface area (Å²) in [6.45, 7) is 1.72. The van der Waals surface area contributed by atoms with Gasteiger partial charge in [0.1, 0.15) is 0 Å². The number of nitrogens with zero attached hydrogens (tertiary/aromatic N) is 1. The highest BCUT2D eigenvalue weighted by Crippen LogP contribution is 2.26. The number of hydrogen-bond donors (Lipinski definition) is 1. The first-order valence-corrected chi connectivity index (χ1v) is 7.26. The number of nitrogens with one attached hydrogen (secondary N) is 1. The summed E-state index contributed by atoms with van der Waals surface area (Å²) in [7, 11) is 0. The Morgan fingerprint density at radius 3 is 2.53 bits per heavy atom. The lowest BCUT2D eigenvalue weighted by atomic mass is 10.1. The second-order valence-corrected chi connectivity index (χ2v) is 5.87. The summed E-state index contributed by atoms with van der Waals surface area (Å²) in [4.78, 5) is 13.9. The van der Waals surface area contributed by atoms with E-state index in [9.17, 15) is 4.79 Å². The predicted molar refractivity (Wildman–Crippen MR) is 76.3 cm³/mol. The van der Waals surface area contributed by atoms with Crippen LogP contribution in [0.15, 0.2) is 27.1 Å². The molecule has 5 heteroatoms. The van der Waals surface area contributed by atoms with Crippen molar-refractivity contribution in [3.05, 3.63) is 27.1 Å². The second-order valence-electron chi connectivity index (χ2n) is 4.10. The van der Waals surface area contributed by atoms with Gasteiger partial charge in [-0.15, -0.1) is 0 Å². The van der Waals surface area contributed by atoms with Gasteiger partial charge in [-0.1, -0.05) is 15.9 Å². The molecule has 0 spiro atoms. The number of urea groups is 1. The van der Waals surface area contributed by atoms with Gasteiger partial charge in [-0.3, -0.25) is 0 Å². The van der Waals surface area contributed by atoms with Crippen LogP contribution in [-0.2, 0) is 0 Å². The van der Waals surface area contributed by atoms with Gasteiger partial charge >= 0.3 is 6.03 Å². The Hall–Kier alpha value is -0.550. The molecule has 1 N–H and O–H groups in total. The van der Waals surface area contributed by atoms with E-state index in [1.807, 2.05) is 23.1 Å². The number of hydrogen-bond acceptors (Lipinski definition) is 1. The van der Waals surface area contributed by atoms with Crippen LogP contribution in [0.3, 0.4) is 0 Å². The highest BCUT2D eigenvalue weighted by atomic mass is 79.9. The lowest BCUT2D eigenvalue weighted by Crippen LogP contribution is -2.38. The molecule has 2 rings (SSSR count). The molecule has 92 valence electrons.